The summed E-state index contributed by atoms with van der Waals surface area (Å²) in [5.74, 6) is 3.55. The molecule has 0 unspecified atom stereocenters. The molecule has 0 aromatic heterocycles. The standard InChI is InChI=1S/C22H31NO2S4/c24-19-21(28-14-8-2-6-12-26)16-18(17-10-4-1-5-11-17)22(21,20(25)23-19)29-15-9-3-7-13-27/h1,4-5,10-11,18,26-27H,2-3,6-9,12-16H2,(H,23,24,25)/t18-,21+,22-/m1/s1. The summed E-state index contributed by atoms with van der Waals surface area (Å²) in [6, 6.07) is 10.3. The smallest absolute Gasteiger partial charge is 0.245 e. The van der Waals surface area contributed by atoms with E-state index in [4.69, 9.17) is 0 Å². The van der Waals surface area contributed by atoms with Gasteiger partial charge in [-0.1, -0.05) is 43.2 Å². The quantitative estimate of drug-likeness (QED) is 0.217. The lowest BCUT2D eigenvalue weighted by atomic mass is 9.61. The first kappa shape index (κ1) is 23.4. The molecule has 7 heteroatoms. The predicted molar refractivity (Wildman–Crippen MR) is 133 cm³/mol. The number of fused-ring (bicyclic) bond motifs is 1. The molecule has 3 rings (SSSR count). The molecule has 2 aliphatic rings. The molecule has 1 aromatic carbocycles. The Morgan fingerprint density at radius 3 is 2.10 bits per heavy atom. The fourth-order valence-corrected chi connectivity index (χ4v) is 8.54. The lowest BCUT2D eigenvalue weighted by molar-refractivity contribution is -0.125. The number of imide groups is 1. The van der Waals surface area contributed by atoms with Gasteiger partial charge < -0.3 is 0 Å². The SMILES string of the molecule is O=C1NC(=O)[C@]2(SCCCCCS)[C@@H](c3ccccc3)C[C@]12SCCCCCS. The Hall–Kier alpha value is -0.240. The van der Waals surface area contributed by atoms with E-state index in [9.17, 15) is 9.59 Å². The number of unbranched alkanes of at least 4 members (excludes halogenated alkanes) is 4. The molecule has 3 nitrogen and oxygen atoms in total. The molecule has 29 heavy (non-hydrogen) atoms. The van der Waals surface area contributed by atoms with Crippen molar-refractivity contribution in [3.63, 3.8) is 0 Å². The zero-order chi connectivity index (χ0) is 20.7. The van der Waals surface area contributed by atoms with Crippen LogP contribution in [0.3, 0.4) is 0 Å². The molecule has 0 spiro atoms. The summed E-state index contributed by atoms with van der Waals surface area (Å²) in [6.07, 6.45) is 7.28. The largest absolute Gasteiger partial charge is 0.294 e. The zero-order valence-electron chi connectivity index (χ0n) is 16.8. The van der Waals surface area contributed by atoms with Crippen LogP contribution >= 0.6 is 48.8 Å². The van der Waals surface area contributed by atoms with Gasteiger partial charge in [0.25, 0.3) is 0 Å². The van der Waals surface area contributed by atoms with E-state index in [1.807, 2.05) is 18.2 Å². The molecule has 1 aromatic rings. The van der Waals surface area contributed by atoms with Crippen molar-refractivity contribution in [2.45, 2.75) is 60.4 Å². The van der Waals surface area contributed by atoms with E-state index in [0.29, 0.717) is 0 Å². The van der Waals surface area contributed by atoms with Gasteiger partial charge in [-0.05, 0) is 60.7 Å². The molecule has 160 valence electrons. The fraction of sp³-hybridized carbons (Fsp3) is 0.636. The molecule has 1 aliphatic heterocycles. The summed E-state index contributed by atoms with van der Waals surface area (Å²) in [7, 11) is 0. The second-order valence-corrected chi connectivity index (χ2v) is 11.4. The average Bonchev–Trinajstić information content (AvgIpc) is 2.86. The third-order valence-corrected chi connectivity index (χ3v) is 10.2. The molecular formula is C22H31NO2S4. The molecule has 2 fully saturated rings. The lowest BCUT2D eigenvalue weighted by Crippen LogP contribution is -2.66. The summed E-state index contributed by atoms with van der Waals surface area (Å²) < 4.78 is -1.31. The van der Waals surface area contributed by atoms with Crippen molar-refractivity contribution in [2.24, 2.45) is 0 Å². The molecule has 0 bridgehead atoms. The average molecular weight is 470 g/mol. The monoisotopic (exact) mass is 469 g/mol. The van der Waals surface area contributed by atoms with Gasteiger partial charge in [-0.15, -0.1) is 23.5 Å². The van der Waals surface area contributed by atoms with Crippen molar-refractivity contribution < 1.29 is 9.59 Å². The normalized spacial score (nSPS) is 28.1. The number of carbonyl (C=O) groups excluding carboxylic acids is 2. The minimum atomic E-state index is -0.680. The lowest BCUT2D eigenvalue weighted by Gasteiger charge is -2.56. The molecular weight excluding hydrogens is 439 g/mol. The summed E-state index contributed by atoms with van der Waals surface area (Å²) in [5.41, 5.74) is 1.17. The number of benzene rings is 1. The molecule has 0 radical (unpaired) electrons. The number of amides is 2. The van der Waals surface area contributed by atoms with E-state index in [2.05, 4.69) is 42.7 Å². The van der Waals surface area contributed by atoms with Crippen molar-refractivity contribution in [3.8, 4) is 0 Å². The van der Waals surface area contributed by atoms with Crippen LogP contribution in [0.15, 0.2) is 30.3 Å². The van der Waals surface area contributed by atoms with Crippen molar-refractivity contribution in [3.05, 3.63) is 35.9 Å². The Labute approximate surface area is 194 Å². The van der Waals surface area contributed by atoms with Gasteiger partial charge in [0.2, 0.25) is 11.8 Å². The highest BCUT2D eigenvalue weighted by atomic mass is 32.2. The van der Waals surface area contributed by atoms with Crippen LogP contribution in [0.25, 0.3) is 0 Å². The van der Waals surface area contributed by atoms with Crippen LogP contribution in [0, 0.1) is 0 Å². The van der Waals surface area contributed by atoms with Crippen LogP contribution < -0.4 is 5.32 Å². The second kappa shape index (κ2) is 10.9. The van der Waals surface area contributed by atoms with E-state index in [1.165, 1.54) is 5.56 Å². The minimum Gasteiger partial charge on any atom is -0.294 e. The maximum atomic E-state index is 13.2. The Bertz CT molecular complexity index is 701. The summed E-state index contributed by atoms with van der Waals surface area (Å²) in [4.78, 5) is 26.2. The molecule has 1 saturated carbocycles. The highest BCUT2D eigenvalue weighted by Gasteiger charge is 2.77. The van der Waals surface area contributed by atoms with Crippen LogP contribution in [0.2, 0.25) is 0 Å². The van der Waals surface area contributed by atoms with Gasteiger partial charge in [0.1, 0.15) is 9.49 Å². The Morgan fingerprint density at radius 2 is 1.48 bits per heavy atom. The van der Waals surface area contributed by atoms with E-state index >= 15 is 0 Å². The summed E-state index contributed by atoms with van der Waals surface area (Å²) in [6.45, 7) is 0. The molecule has 3 atom stereocenters. The Balaban J connectivity index is 1.80. The molecule has 1 aliphatic carbocycles. The van der Waals surface area contributed by atoms with Crippen molar-refractivity contribution in [1.82, 2.24) is 5.32 Å². The van der Waals surface area contributed by atoms with Crippen LogP contribution in [-0.2, 0) is 9.59 Å². The number of hydrogen-bond acceptors (Lipinski definition) is 6. The third kappa shape index (κ3) is 4.53. The maximum absolute atomic E-state index is 13.2. The van der Waals surface area contributed by atoms with Gasteiger partial charge in [-0.25, -0.2) is 0 Å². The van der Waals surface area contributed by atoms with E-state index in [1.54, 1.807) is 23.5 Å². The van der Waals surface area contributed by atoms with Gasteiger partial charge in [-0.3, -0.25) is 14.9 Å². The van der Waals surface area contributed by atoms with E-state index in [0.717, 1.165) is 68.0 Å². The predicted octanol–water partition coefficient (Wildman–Crippen LogP) is 4.97. The Kier molecular flexibility index (Phi) is 8.78. The molecule has 1 heterocycles. The number of thioether (sulfide) groups is 2. The van der Waals surface area contributed by atoms with E-state index < -0.39 is 9.49 Å². The first-order valence-corrected chi connectivity index (χ1v) is 13.8. The maximum Gasteiger partial charge on any atom is 0.245 e. The van der Waals surface area contributed by atoms with Gasteiger partial charge in [0, 0.05) is 5.92 Å². The van der Waals surface area contributed by atoms with E-state index in [-0.39, 0.29) is 17.7 Å². The first-order chi connectivity index (χ1) is 14.1. The van der Waals surface area contributed by atoms with Crippen LogP contribution in [-0.4, -0.2) is 44.3 Å². The molecule has 1 N–H and O–H groups in total. The topological polar surface area (TPSA) is 46.2 Å². The van der Waals surface area contributed by atoms with Crippen LogP contribution in [0.1, 0.15) is 56.4 Å². The Morgan fingerprint density at radius 1 is 0.862 bits per heavy atom. The fourth-order valence-electron chi connectivity index (χ4n) is 4.45. The highest BCUT2D eigenvalue weighted by Crippen LogP contribution is 2.68. The molecule has 1 saturated heterocycles. The second-order valence-electron chi connectivity index (χ2n) is 7.78. The van der Waals surface area contributed by atoms with Crippen molar-refractivity contribution >= 4 is 60.6 Å². The highest BCUT2D eigenvalue weighted by molar-refractivity contribution is 8.06. The minimum absolute atomic E-state index is 0.0725. The summed E-state index contributed by atoms with van der Waals surface area (Å²) in [5, 5.41) is 2.72. The first-order valence-electron chi connectivity index (χ1n) is 10.5. The number of thiol groups is 2. The van der Waals surface area contributed by atoms with Gasteiger partial charge in [0.15, 0.2) is 0 Å². The summed E-state index contributed by atoms with van der Waals surface area (Å²) >= 11 is 12.0. The third-order valence-electron chi connectivity index (χ3n) is 6.00. The van der Waals surface area contributed by atoms with Gasteiger partial charge in [0.05, 0.1) is 0 Å². The zero-order valence-corrected chi connectivity index (χ0v) is 20.2. The number of hydrogen-bond donors (Lipinski definition) is 3. The van der Waals surface area contributed by atoms with Crippen molar-refractivity contribution in [1.29, 1.82) is 0 Å². The number of rotatable bonds is 13. The number of nitrogens with one attached hydrogen (secondary N) is 1. The van der Waals surface area contributed by atoms with Crippen LogP contribution in [0.4, 0.5) is 0 Å². The van der Waals surface area contributed by atoms with Crippen LogP contribution in [0.5, 0.6) is 0 Å². The van der Waals surface area contributed by atoms with Gasteiger partial charge >= 0.3 is 0 Å². The number of carbonyl (C=O) groups is 2. The van der Waals surface area contributed by atoms with Gasteiger partial charge in [-0.2, -0.15) is 25.3 Å². The molecule has 2 amide bonds. The van der Waals surface area contributed by atoms with Crippen molar-refractivity contribution in [2.75, 3.05) is 23.0 Å².